The molecule has 0 aromatic rings. The van der Waals surface area contributed by atoms with Gasteiger partial charge in [0.25, 0.3) is 0 Å². The molecule has 0 radical (unpaired) electrons. The summed E-state index contributed by atoms with van der Waals surface area (Å²) in [6.45, 7) is 8.89. The summed E-state index contributed by atoms with van der Waals surface area (Å²) in [7, 11) is 3.24. The quantitative estimate of drug-likeness (QED) is 0.322. The summed E-state index contributed by atoms with van der Waals surface area (Å²) >= 11 is 0. The Labute approximate surface area is 239 Å². The first kappa shape index (κ1) is 30.5. The van der Waals surface area contributed by atoms with Crippen molar-refractivity contribution in [3.63, 3.8) is 0 Å². The highest BCUT2D eigenvalue weighted by Crippen LogP contribution is 2.39. The summed E-state index contributed by atoms with van der Waals surface area (Å²) in [6.07, 6.45) is 9.13. The third kappa shape index (κ3) is 7.25. The maximum atomic E-state index is 13.6. The number of imide groups is 1. The van der Waals surface area contributed by atoms with Gasteiger partial charge in [-0.2, -0.15) is 0 Å². The standard InChI is InChI=1S/C30H48N4O6/c1-5-7-11-32(12-8-6-2)28(36)19-34-18-23(22-15-24(20-38-4)29-26(17-22)39-21-40-29)16-25(34)9-13-33-14-10-27(35)31(3)30(33)37/h15,23,25-26H,5-14,16-21H2,1-4H3/t23-,25+,26?/m1/s1. The van der Waals surface area contributed by atoms with Gasteiger partial charge in [-0.3, -0.25) is 19.4 Å². The number of fused-ring (bicyclic) bond motifs is 1. The molecule has 0 aromatic heterocycles. The lowest BCUT2D eigenvalue weighted by Gasteiger charge is -2.34. The summed E-state index contributed by atoms with van der Waals surface area (Å²) in [5.74, 6) is 1.24. The van der Waals surface area contributed by atoms with E-state index in [1.54, 1.807) is 19.1 Å². The minimum absolute atomic E-state index is 0.0723. The Morgan fingerprint density at radius 2 is 1.93 bits per heavy atom. The van der Waals surface area contributed by atoms with Crippen molar-refractivity contribution in [3.8, 4) is 0 Å². The van der Waals surface area contributed by atoms with E-state index < -0.39 is 0 Å². The number of likely N-dealkylation sites (tertiary alicyclic amines) is 1. The number of hydrogen-bond acceptors (Lipinski definition) is 7. The molecule has 4 rings (SSSR count). The fourth-order valence-electron chi connectivity index (χ4n) is 6.32. The number of amides is 4. The van der Waals surface area contributed by atoms with E-state index in [-0.39, 0.29) is 42.7 Å². The highest BCUT2D eigenvalue weighted by Gasteiger charge is 2.40. The molecule has 0 N–H and O–H groups in total. The first-order valence-electron chi connectivity index (χ1n) is 15.1. The molecule has 1 unspecified atom stereocenters. The van der Waals surface area contributed by atoms with Gasteiger partial charge in [0.2, 0.25) is 11.8 Å². The molecule has 0 spiro atoms. The van der Waals surface area contributed by atoms with E-state index in [1.807, 2.05) is 4.90 Å². The van der Waals surface area contributed by atoms with Crippen molar-refractivity contribution in [1.29, 1.82) is 0 Å². The van der Waals surface area contributed by atoms with Gasteiger partial charge in [0.15, 0.2) is 6.79 Å². The van der Waals surface area contributed by atoms with Gasteiger partial charge in [0.1, 0.15) is 11.9 Å². The molecule has 40 heavy (non-hydrogen) atoms. The van der Waals surface area contributed by atoms with Gasteiger partial charge in [-0.05, 0) is 31.6 Å². The van der Waals surface area contributed by atoms with Gasteiger partial charge in [-0.25, -0.2) is 4.79 Å². The van der Waals surface area contributed by atoms with Crippen LogP contribution in [0.5, 0.6) is 0 Å². The number of rotatable bonds is 14. The number of urea groups is 1. The van der Waals surface area contributed by atoms with E-state index in [2.05, 4.69) is 24.8 Å². The van der Waals surface area contributed by atoms with Crippen LogP contribution in [0, 0.1) is 5.92 Å². The number of unbranched alkanes of at least 4 members (excludes halogenated alkanes) is 2. The van der Waals surface area contributed by atoms with Crippen LogP contribution in [0.2, 0.25) is 0 Å². The van der Waals surface area contributed by atoms with Crippen molar-refractivity contribution in [2.45, 2.75) is 77.4 Å². The van der Waals surface area contributed by atoms with Crippen LogP contribution in [0.1, 0.15) is 65.2 Å². The molecular formula is C30H48N4O6. The minimum Gasteiger partial charge on any atom is -0.469 e. The summed E-state index contributed by atoms with van der Waals surface area (Å²) in [5, 5.41) is 0. The number of nitrogens with zero attached hydrogens (tertiary/aromatic N) is 4. The van der Waals surface area contributed by atoms with Gasteiger partial charge in [-0.15, -0.1) is 0 Å². The molecule has 1 aliphatic carbocycles. The predicted molar refractivity (Wildman–Crippen MR) is 151 cm³/mol. The van der Waals surface area contributed by atoms with Crippen molar-refractivity contribution < 1.29 is 28.6 Å². The Morgan fingerprint density at radius 3 is 2.62 bits per heavy atom. The zero-order chi connectivity index (χ0) is 28.6. The average molecular weight is 561 g/mol. The van der Waals surface area contributed by atoms with Crippen LogP contribution in [0.25, 0.3) is 0 Å². The van der Waals surface area contributed by atoms with Crippen LogP contribution in [0.3, 0.4) is 0 Å². The monoisotopic (exact) mass is 560 g/mol. The SMILES string of the molecule is CCCCN(CCCC)C(=O)CN1C[C@H](C2=CC(COC)=C3OCOC3C2)C[C@@H]1CCN1CCC(=O)N(C)C1=O. The first-order chi connectivity index (χ1) is 19.4. The number of carbonyl (C=O) groups excluding carboxylic acids is 3. The molecule has 0 bridgehead atoms. The summed E-state index contributed by atoms with van der Waals surface area (Å²) in [6, 6.07) is -0.0595. The second kappa shape index (κ2) is 14.5. The molecule has 10 nitrogen and oxygen atoms in total. The van der Waals surface area contributed by atoms with E-state index in [1.165, 1.54) is 10.5 Å². The van der Waals surface area contributed by atoms with Crippen molar-refractivity contribution in [2.24, 2.45) is 5.92 Å². The molecule has 3 aliphatic heterocycles. The third-order valence-corrected chi connectivity index (χ3v) is 8.74. The second-order valence-corrected chi connectivity index (χ2v) is 11.5. The molecule has 224 valence electrons. The Morgan fingerprint density at radius 1 is 1.18 bits per heavy atom. The van der Waals surface area contributed by atoms with Crippen LogP contribution in [0.4, 0.5) is 4.79 Å². The lowest BCUT2D eigenvalue weighted by atomic mass is 9.85. The number of carbonyl (C=O) groups is 3. The van der Waals surface area contributed by atoms with E-state index >= 15 is 0 Å². The molecule has 3 fully saturated rings. The Kier molecular flexibility index (Phi) is 11.0. The molecule has 0 saturated carbocycles. The molecule has 10 heteroatoms. The van der Waals surface area contributed by atoms with Crippen LogP contribution in [-0.4, -0.2) is 116 Å². The van der Waals surface area contributed by atoms with Crippen LogP contribution in [0.15, 0.2) is 23.0 Å². The summed E-state index contributed by atoms with van der Waals surface area (Å²) < 4.78 is 17.1. The Bertz CT molecular complexity index is 973. The summed E-state index contributed by atoms with van der Waals surface area (Å²) in [4.78, 5) is 45.6. The number of methoxy groups -OCH3 is 1. The molecule has 4 aliphatic rings. The van der Waals surface area contributed by atoms with Gasteiger partial charge in [0, 0.05) is 71.3 Å². The molecule has 0 aromatic carbocycles. The van der Waals surface area contributed by atoms with Crippen molar-refractivity contribution in [1.82, 2.24) is 19.6 Å². The fraction of sp³-hybridized carbons (Fsp3) is 0.767. The van der Waals surface area contributed by atoms with Crippen molar-refractivity contribution in [3.05, 3.63) is 23.0 Å². The first-order valence-corrected chi connectivity index (χ1v) is 15.1. The molecular weight excluding hydrogens is 512 g/mol. The molecule has 3 saturated heterocycles. The lowest BCUT2D eigenvalue weighted by molar-refractivity contribution is -0.133. The van der Waals surface area contributed by atoms with E-state index in [9.17, 15) is 14.4 Å². The smallest absolute Gasteiger partial charge is 0.326 e. The van der Waals surface area contributed by atoms with E-state index in [0.717, 1.165) is 75.9 Å². The molecule has 3 atom stereocenters. The zero-order valence-corrected chi connectivity index (χ0v) is 24.9. The summed E-state index contributed by atoms with van der Waals surface area (Å²) in [5.41, 5.74) is 2.36. The maximum absolute atomic E-state index is 13.6. The highest BCUT2D eigenvalue weighted by atomic mass is 16.7. The highest BCUT2D eigenvalue weighted by molar-refractivity contribution is 5.96. The third-order valence-electron chi connectivity index (χ3n) is 8.74. The van der Waals surface area contributed by atoms with Gasteiger partial charge in [-0.1, -0.05) is 38.3 Å². The lowest BCUT2D eigenvalue weighted by Crippen LogP contribution is -2.51. The van der Waals surface area contributed by atoms with Gasteiger partial charge in [0.05, 0.1) is 13.2 Å². The minimum atomic E-state index is -0.228. The van der Waals surface area contributed by atoms with Crippen LogP contribution >= 0.6 is 0 Å². The maximum Gasteiger partial charge on any atom is 0.326 e. The van der Waals surface area contributed by atoms with Crippen LogP contribution < -0.4 is 0 Å². The second-order valence-electron chi connectivity index (χ2n) is 11.5. The fourth-order valence-corrected chi connectivity index (χ4v) is 6.32. The average Bonchev–Trinajstić information content (AvgIpc) is 3.59. The normalized spacial score (nSPS) is 25.4. The van der Waals surface area contributed by atoms with E-state index in [4.69, 9.17) is 14.2 Å². The number of ether oxygens (including phenoxy) is 3. The van der Waals surface area contributed by atoms with Crippen molar-refractivity contribution in [2.75, 3.05) is 66.8 Å². The predicted octanol–water partition coefficient (Wildman–Crippen LogP) is 3.38. The van der Waals surface area contributed by atoms with E-state index in [0.29, 0.717) is 32.7 Å². The Balaban J connectivity index is 1.49. The molecule has 4 amide bonds. The van der Waals surface area contributed by atoms with Crippen LogP contribution in [-0.2, 0) is 23.8 Å². The van der Waals surface area contributed by atoms with Gasteiger partial charge >= 0.3 is 6.03 Å². The number of hydrogen-bond donors (Lipinski definition) is 0. The topological polar surface area (TPSA) is 91.9 Å². The zero-order valence-electron chi connectivity index (χ0n) is 24.9. The molecule has 3 heterocycles. The Hall–Kier alpha value is -2.43. The van der Waals surface area contributed by atoms with Gasteiger partial charge < -0.3 is 24.0 Å². The largest absolute Gasteiger partial charge is 0.469 e. The van der Waals surface area contributed by atoms with Crippen molar-refractivity contribution >= 4 is 17.8 Å².